The monoisotopic (exact) mass is 492 g/mol. The highest BCUT2D eigenvalue weighted by molar-refractivity contribution is 6.35. The highest BCUT2D eigenvalue weighted by Gasteiger charge is 2.29. The van der Waals surface area contributed by atoms with Crippen LogP contribution in [0, 0.1) is 26.7 Å². The van der Waals surface area contributed by atoms with Gasteiger partial charge in [-0.15, -0.1) is 0 Å². The van der Waals surface area contributed by atoms with Crippen LogP contribution in [0.15, 0.2) is 30.3 Å². The molecule has 0 aromatic heterocycles. The summed E-state index contributed by atoms with van der Waals surface area (Å²) in [6.07, 6.45) is 0.462. The van der Waals surface area contributed by atoms with Crippen LogP contribution in [0.5, 0.6) is 5.75 Å². The summed E-state index contributed by atoms with van der Waals surface area (Å²) in [5.74, 6) is 0.498. The van der Waals surface area contributed by atoms with E-state index in [4.69, 9.17) is 27.9 Å². The third kappa shape index (κ3) is 7.65. The highest BCUT2D eigenvalue weighted by Crippen LogP contribution is 2.25. The summed E-state index contributed by atoms with van der Waals surface area (Å²) in [6.45, 7) is 12.4. The first-order valence-electron chi connectivity index (χ1n) is 11.2. The molecular weight excluding hydrogens is 459 g/mol. The third-order valence-electron chi connectivity index (χ3n) is 5.54. The molecule has 0 aliphatic carbocycles. The van der Waals surface area contributed by atoms with E-state index in [0.29, 0.717) is 40.2 Å². The maximum atomic E-state index is 13.4. The second kappa shape index (κ2) is 12.3. The third-order valence-corrected chi connectivity index (χ3v) is 6.13. The lowest BCUT2D eigenvalue weighted by molar-refractivity contribution is -0.143. The molecule has 0 aliphatic rings. The first-order chi connectivity index (χ1) is 15.5. The number of amides is 2. The number of rotatable bonds is 10. The molecule has 2 aromatic rings. The van der Waals surface area contributed by atoms with Gasteiger partial charge in [0.15, 0.2) is 6.61 Å². The summed E-state index contributed by atoms with van der Waals surface area (Å²) < 4.78 is 5.92. The quantitative estimate of drug-likeness (QED) is 0.450. The van der Waals surface area contributed by atoms with E-state index < -0.39 is 6.04 Å². The van der Waals surface area contributed by atoms with Gasteiger partial charge in [0, 0.05) is 23.1 Å². The number of aryl methyl sites for hydroxylation is 2. The summed E-state index contributed by atoms with van der Waals surface area (Å²) >= 11 is 12.4. The van der Waals surface area contributed by atoms with Crippen LogP contribution in [0.1, 0.15) is 49.4 Å². The highest BCUT2D eigenvalue weighted by atomic mass is 35.5. The molecule has 0 spiro atoms. The van der Waals surface area contributed by atoms with Crippen molar-refractivity contribution in [1.82, 2.24) is 10.2 Å². The Morgan fingerprint density at radius 1 is 1.09 bits per heavy atom. The van der Waals surface area contributed by atoms with Gasteiger partial charge in [-0.3, -0.25) is 9.59 Å². The minimum atomic E-state index is -0.646. The molecule has 2 rings (SSSR count). The van der Waals surface area contributed by atoms with Crippen molar-refractivity contribution in [3.63, 3.8) is 0 Å². The predicted molar refractivity (Wildman–Crippen MR) is 135 cm³/mol. The van der Waals surface area contributed by atoms with E-state index in [1.54, 1.807) is 23.1 Å². The van der Waals surface area contributed by atoms with Gasteiger partial charge in [0.25, 0.3) is 5.91 Å². The van der Waals surface area contributed by atoms with Crippen LogP contribution in [0.3, 0.4) is 0 Å². The van der Waals surface area contributed by atoms with Crippen LogP contribution in [-0.2, 0) is 16.1 Å². The van der Waals surface area contributed by atoms with Crippen molar-refractivity contribution in [2.24, 2.45) is 5.92 Å². The van der Waals surface area contributed by atoms with E-state index in [9.17, 15) is 9.59 Å². The Balaban J connectivity index is 2.29. The van der Waals surface area contributed by atoms with Gasteiger partial charge >= 0.3 is 0 Å². The van der Waals surface area contributed by atoms with Crippen molar-refractivity contribution < 1.29 is 14.3 Å². The van der Waals surface area contributed by atoms with E-state index in [1.165, 1.54) is 0 Å². The van der Waals surface area contributed by atoms with Crippen LogP contribution in [0.4, 0.5) is 0 Å². The van der Waals surface area contributed by atoms with Gasteiger partial charge in [-0.2, -0.15) is 0 Å². The van der Waals surface area contributed by atoms with Gasteiger partial charge in [0.05, 0.1) is 0 Å². The van der Waals surface area contributed by atoms with Crippen molar-refractivity contribution in [3.05, 3.63) is 62.6 Å². The number of hydrogen-bond donors (Lipinski definition) is 1. The zero-order valence-corrected chi connectivity index (χ0v) is 21.8. The number of nitrogens with one attached hydrogen (secondary N) is 1. The average molecular weight is 493 g/mol. The maximum absolute atomic E-state index is 13.4. The molecule has 0 saturated heterocycles. The first-order valence-corrected chi connectivity index (χ1v) is 12.0. The van der Waals surface area contributed by atoms with E-state index in [2.05, 4.69) is 11.4 Å². The lowest BCUT2D eigenvalue weighted by atomic mass is 10.1. The Labute approximate surface area is 207 Å². The molecule has 2 amide bonds. The van der Waals surface area contributed by atoms with Gasteiger partial charge in [-0.1, -0.05) is 56.1 Å². The molecule has 0 saturated carbocycles. The topological polar surface area (TPSA) is 58.6 Å². The Morgan fingerprint density at radius 3 is 2.39 bits per heavy atom. The fraction of sp³-hybridized carbons (Fsp3) is 0.462. The largest absolute Gasteiger partial charge is 0.483 e. The number of hydrogen-bond acceptors (Lipinski definition) is 3. The van der Waals surface area contributed by atoms with Crippen LogP contribution in [0.25, 0.3) is 0 Å². The van der Waals surface area contributed by atoms with E-state index in [0.717, 1.165) is 16.7 Å². The Kier molecular flexibility index (Phi) is 10.1. The molecule has 0 radical (unpaired) electrons. The van der Waals surface area contributed by atoms with Crippen molar-refractivity contribution >= 4 is 35.0 Å². The van der Waals surface area contributed by atoms with Crippen molar-refractivity contribution in [1.29, 1.82) is 0 Å². The molecule has 0 bridgehead atoms. The molecule has 0 heterocycles. The lowest BCUT2D eigenvalue weighted by Gasteiger charge is -2.31. The van der Waals surface area contributed by atoms with Gasteiger partial charge < -0.3 is 15.0 Å². The summed E-state index contributed by atoms with van der Waals surface area (Å²) in [5.41, 5.74) is 3.86. The number of benzene rings is 2. The van der Waals surface area contributed by atoms with Gasteiger partial charge in [0.2, 0.25) is 5.91 Å². The zero-order valence-electron chi connectivity index (χ0n) is 20.3. The van der Waals surface area contributed by atoms with Crippen LogP contribution in [-0.4, -0.2) is 35.9 Å². The Bertz CT molecular complexity index is 992. The predicted octanol–water partition coefficient (Wildman–Crippen LogP) is 5.88. The minimum Gasteiger partial charge on any atom is -0.483 e. The summed E-state index contributed by atoms with van der Waals surface area (Å²) in [5, 5.41) is 3.91. The second-order valence-corrected chi connectivity index (χ2v) is 9.66. The van der Waals surface area contributed by atoms with E-state index in [1.807, 2.05) is 47.6 Å². The number of ether oxygens (including phenoxy) is 1. The van der Waals surface area contributed by atoms with E-state index in [-0.39, 0.29) is 25.0 Å². The number of carbonyl (C=O) groups excluding carboxylic acids is 2. The fourth-order valence-electron chi connectivity index (χ4n) is 3.55. The van der Waals surface area contributed by atoms with Crippen molar-refractivity contribution in [3.8, 4) is 5.75 Å². The van der Waals surface area contributed by atoms with Gasteiger partial charge in [-0.05, 0) is 73.6 Å². The fourth-order valence-corrected chi connectivity index (χ4v) is 4.02. The molecule has 1 atom stereocenters. The molecule has 5 nitrogen and oxygen atoms in total. The molecule has 1 N–H and O–H groups in total. The Morgan fingerprint density at radius 2 is 1.79 bits per heavy atom. The standard InChI is InChI=1S/C26H34Cl2N2O3/c1-7-23(26(32)29-13-16(2)3)30(14-20-8-9-21(27)12-22(20)28)25(31)15-33-24-11-17(4)10-18(5)19(24)6/h8-12,16,23H,7,13-15H2,1-6H3,(H,29,32)/t23-/m0/s1. The van der Waals surface area contributed by atoms with Crippen molar-refractivity contribution in [2.45, 2.75) is 60.5 Å². The van der Waals surface area contributed by atoms with Crippen LogP contribution in [0.2, 0.25) is 10.0 Å². The summed E-state index contributed by atoms with van der Waals surface area (Å²) in [7, 11) is 0. The number of carbonyl (C=O) groups is 2. The van der Waals surface area contributed by atoms with Crippen LogP contribution < -0.4 is 10.1 Å². The molecule has 33 heavy (non-hydrogen) atoms. The minimum absolute atomic E-state index is 0.178. The second-order valence-electron chi connectivity index (χ2n) is 8.81. The lowest BCUT2D eigenvalue weighted by Crippen LogP contribution is -2.50. The molecule has 7 heteroatoms. The Hall–Kier alpha value is -2.24. The molecule has 180 valence electrons. The van der Waals surface area contributed by atoms with Gasteiger partial charge in [0.1, 0.15) is 11.8 Å². The van der Waals surface area contributed by atoms with E-state index >= 15 is 0 Å². The summed E-state index contributed by atoms with van der Waals surface area (Å²) in [4.78, 5) is 27.9. The smallest absolute Gasteiger partial charge is 0.261 e. The summed E-state index contributed by atoms with van der Waals surface area (Å²) in [6, 6.07) is 8.48. The van der Waals surface area contributed by atoms with Gasteiger partial charge in [-0.25, -0.2) is 0 Å². The first kappa shape index (κ1) is 27.0. The van der Waals surface area contributed by atoms with Crippen LogP contribution >= 0.6 is 23.2 Å². The molecule has 2 aromatic carbocycles. The SMILES string of the molecule is CC[C@@H](C(=O)NCC(C)C)N(Cc1ccc(Cl)cc1Cl)C(=O)COc1cc(C)cc(C)c1C. The average Bonchev–Trinajstić information content (AvgIpc) is 2.74. The van der Waals surface area contributed by atoms with Crippen molar-refractivity contribution in [2.75, 3.05) is 13.2 Å². The molecular formula is C26H34Cl2N2O3. The zero-order chi connectivity index (χ0) is 24.7. The number of nitrogens with zero attached hydrogens (tertiary/aromatic N) is 1. The molecule has 0 aliphatic heterocycles. The molecule has 0 fully saturated rings. The number of halogens is 2. The molecule has 0 unspecified atom stereocenters. The maximum Gasteiger partial charge on any atom is 0.261 e. The normalized spacial score (nSPS) is 11.9.